The summed E-state index contributed by atoms with van der Waals surface area (Å²) in [5, 5.41) is 4.13. The minimum absolute atomic E-state index is 0.178. The molecule has 92 valence electrons. The molecule has 3 rings (SSSR count). The predicted octanol–water partition coefficient (Wildman–Crippen LogP) is 1.70. The number of hydrogen-bond acceptors (Lipinski definition) is 4. The molecule has 18 heavy (non-hydrogen) atoms. The van der Waals surface area contributed by atoms with Gasteiger partial charge in [0.25, 0.3) is 0 Å². The van der Waals surface area contributed by atoms with Crippen LogP contribution in [0.15, 0.2) is 29.2 Å². The fourth-order valence-corrected chi connectivity index (χ4v) is 2.79. The topological polar surface area (TPSA) is 73.6 Å². The highest BCUT2D eigenvalue weighted by molar-refractivity contribution is 7.15. The molecule has 5 nitrogen and oxygen atoms in total. The van der Waals surface area contributed by atoms with Gasteiger partial charge in [-0.3, -0.25) is 0 Å². The van der Waals surface area contributed by atoms with Gasteiger partial charge in [-0.05, 0) is 24.7 Å². The molecule has 6 heteroatoms. The smallest absolute Gasteiger partial charge is 0.314 e. The maximum atomic E-state index is 11.2. The molecule has 0 aliphatic rings. The Labute approximate surface area is 107 Å². The van der Waals surface area contributed by atoms with E-state index in [0.29, 0.717) is 0 Å². The second kappa shape index (κ2) is 4.40. The highest BCUT2D eigenvalue weighted by Crippen LogP contribution is 2.27. The third-order valence-electron chi connectivity index (χ3n) is 2.68. The number of thiazole rings is 1. The average Bonchev–Trinajstić information content (AvgIpc) is 2.93. The molecule has 3 N–H and O–H groups in total. The molecule has 0 spiro atoms. The van der Waals surface area contributed by atoms with Crippen LogP contribution in [0.25, 0.3) is 21.5 Å². The van der Waals surface area contributed by atoms with Crippen molar-refractivity contribution in [3.8, 4) is 10.4 Å². The highest BCUT2D eigenvalue weighted by Gasteiger charge is 2.06. The second-order valence-corrected chi connectivity index (χ2v) is 5.10. The van der Waals surface area contributed by atoms with Gasteiger partial charge >= 0.3 is 5.69 Å². The number of imidazole rings is 1. The summed E-state index contributed by atoms with van der Waals surface area (Å²) in [6, 6.07) is 5.85. The molecule has 1 aromatic carbocycles. The molecule has 0 atom stereocenters. The van der Waals surface area contributed by atoms with E-state index in [1.165, 1.54) is 0 Å². The van der Waals surface area contributed by atoms with Crippen LogP contribution in [0.1, 0.15) is 5.01 Å². The number of nitrogens with one attached hydrogen (secondary N) is 3. The zero-order valence-corrected chi connectivity index (χ0v) is 10.6. The molecule has 0 unspecified atom stereocenters. The van der Waals surface area contributed by atoms with Crippen LogP contribution >= 0.6 is 11.3 Å². The summed E-state index contributed by atoms with van der Waals surface area (Å²) in [7, 11) is 1.90. The number of aromatic nitrogens is 3. The van der Waals surface area contributed by atoms with Crippen LogP contribution in [0.4, 0.5) is 0 Å². The van der Waals surface area contributed by atoms with Crippen molar-refractivity contribution in [3.05, 3.63) is 39.9 Å². The number of aromatic amines is 2. The van der Waals surface area contributed by atoms with Crippen LogP contribution in [0, 0.1) is 0 Å². The summed E-state index contributed by atoms with van der Waals surface area (Å²) < 4.78 is 0. The summed E-state index contributed by atoms with van der Waals surface area (Å²) in [5.41, 5.74) is 2.53. The zero-order valence-electron chi connectivity index (χ0n) is 9.78. The Morgan fingerprint density at radius 3 is 3.00 bits per heavy atom. The van der Waals surface area contributed by atoms with E-state index < -0.39 is 0 Å². The predicted molar refractivity (Wildman–Crippen MR) is 72.8 cm³/mol. The quantitative estimate of drug-likeness (QED) is 0.671. The first-order chi connectivity index (χ1) is 8.76. The van der Waals surface area contributed by atoms with Crippen molar-refractivity contribution < 1.29 is 0 Å². The number of H-pyrrole nitrogens is 2. The van der Waals surface area contributed by atoms with Crippen molar-refractivity contribution in [3.63, 3.8) is 0 Å². The summed E-state index contributed by atoms with van der Waals surface area (Å²) >= 11 is 1.65. The van der Waals surface area contributed by atoms with Gasteiger partial charge in [-0.1, -0.05) is 6.07 Å². The van der Waals surface area contributed by atoms with Gasteiger partial charge in [-0.2, -0.15) is 0 Å². The van der Waals surface area contributed by atoms with Crippen molar-refractivity contribution in [2.24, 2.45) is 0 Å². The van der Waals surface area contributed by atoms with Gasteiger partial charge in [0.2, 0.25) is 0 Å². The molecular formula is C12H12N4OS. The lowest BCUT2D eigenvalue weighted by atomic mass is 10.2. The number of nitrogens with zero attached hydrogens (tertiary/aromatic N) is 1. The van der Waals surface area contributed by atoms with Gasteiger partial charge in [0.1, 0.15) is 5.01 Å². The van der Waals surface area contributed by atoms with Gasteiger partial charge in [-0.25, -0.2) is 9.78 Å². The van der Waals surface area contributed by atoms with Gasteiger partial charge in [0.05, 0.1) is 15.9 Å². The fourth-order valence-electron chi connectivity index (χ4n) is 1.86. The number of rotatable bonds is 3. The van der Waals surface area contributed by atoms with Crippen LogP contribution in [0.2, 0.25) is 0 Å². The minimum atomic E-state index is -0.178. The van der Waals surface area contributed by atoms with Gasteiger partial charge in [0, 0.05) is 12.7 Å². The first-order valence-electron chi connectivity index (χ1n) is 5.58. The largest absolute Gasteiger partial charge is 0.323 e. The molecule has 2 aromatic heterocycles. The van der Waals surface area contributed by atoms with Gasteiger partial charge in [0.15, 0.2) is 0 Å². The first-order valence-corrected chi connectivity index (χ1v) is 6.39. The molecule has 0 radical (unpaired) electrons. The Balaban J connectivity index is 2.04. The molecule has 3 aromatic rings. The van der Waals surface area contributed by atoms with E-state index in [9.17, 15) is 4.79 Å². The van der Waals surface area contributed by atoms with Crippen LogP contribution in [0.3, 0.4) is 0 Å². The fraction of sp³-hybridized carbons (Fsp3) is 0.167. The number of hydrogen-bond donors (Lipinski definition) is 3. The first kappa shape index (κ1) is 11.2. The standard InChI is InChI=1S/C12H12N4OS/c1-13-6-11-14-5-10(18-11)7-2-3-8-9(4-7)16-12(17)15-8/h2-5,13H,6H2,1H3,(H2,15,16,17). The van der Waals surface area contributed by atoms with Crippen molar-refractivity contribution in [2.75, 3.05) is 7.05 Å². The van der Waals surface area contributed by atoms with E-state index in [2.05, 4.69) is 20.3 Å². The lowest BCUT2D eigenvalue weighted by molar-refractivity contribution is 0.810. The minimum Gasteiger partial charge on any atom is -0.314 e. The molecule has 0 amide bonds. The van der Waals surface area contributed by atoms with Crippen molar-refractivity contribution in [2.45, 2.75) is 6.54 Å². The van der Waals surface area contributed by atoms with Crippen LogP contribution in [-0.2, 0) is 6.54 Å². The van der Waals surface area contributed by atoms with E-state index in [1.807, 2.05) is 31.4 Å². The van der Waals surface area contributed by atoms with Crippen molar-refractivity contribution >= 4 is 22.4 Å². The second-order valence-electron chi connectivity index (χ2n) is 3.99. The van der Waals surface area contributed by atoms with Crippen molar-refractivity contribution in [1.82, 2.24) is 20.3 Å². The van der Waals surface area contributed by atoms with E-state index in [0.717, 1.165) is 33.0 Å². The summed E-state index contributed by atoms with van der Waals surface area (Å²) in [5.74, 6) is 0. The van der Waals surface area contributed by atoms with Gasteiger partial charge < -0.3 is 15.3 Å². The average molecular weight is 260 g/mol. The van der Waals surface area contributed by atoms with E-state index in [-0.39, 0.29) is 5.69 Å². The third-order valence-corrected chi connectivity index (χ3v) is 3.73. The third kappa shape index (κ3) is 1.96. The number of fused-ring (bicyclic) bond motifs is 1. The van der Waals surface area contributed by atoms with E-state index >= 15 is 0 Å². The Morgan fingerprint density at radius 1 is 1.33 bits per heavy atom. The lowest BCUT2D eigenvalue weighted by Gasteiger charge is -1.96. The Bertz CT molecular complexity index is 740. The monoisotopic (exact) mass is 260 g/mol. The molecule has 2 heterocycles. The van der Waals surface area contributed by atoms with E-state index in [1.54, 1.807) is 11.3 Å². The van der Waals surface area contributed by atoms with E-state index in [4.69, 9.17) is 0 Å². The molecular weight excluding hydrogens is 248 g/mol. The number of benzene rings is 1. The highest BCUT2D eigenvalue weighted by atomic mass is 32.1. The molecule has 0 aliphatic carbocycles. The Morgan fingerprint density at radius 2 is 2.17 bits per heavy atom. The molecule has 0 aliphatic heterocycles. The summed E-state index contributed by atoms with van der Waals surface area (Å²) in [6.07, 6.45) is 1.86. The zero-order chi connectivity index (χ0) is 12.5. The van der Waals surface area contributed by atoms with Crippen molar-refractivity contribution in [1.29, 1.82) is 0 Å². The Kier molecular flexibility index (Phi) is 2.73. The molecule has 0 saturated carbocycles. The van der Waals surface area contributed by atoms with Crippen LogP contribution in [0.5, 0.6) is 0 Å². The maximum absolute atomic E-state index is 11.2. The van der Waals surface area contributed by atoms with Crippen LogP contribution < -0.4 is 11.0 Å². The normalized spacial score (nSPS) is 11.2. The van der Waals surface area contributed by atoms with Crippen LogP contribution in [-0.4, -0.2) is 22.0 Å². The summed E-state index contributed by atoms with van der Waals surface area (Å²) in [6.45, 7) is 0.772. The molecule has 0 fully saturated rings. The molecule has 0 saturated heterocycles. The Hall–Kier alpha value is -1.92. The van der Waals surface area contributed by atoms with Gasteiger partial charge in [-0.15, -0.1) is 11.3 Å². The SMILES string of the molecule is CNCc1ncc(-c2ccc3[nH]c(=O)[nH]c3c2)s1. The maximum Gasteiger partial charge on any atom is 0.323 e. The lowest BCUT2D eigenvalue weighted by Crippen LogP contribution is -2.03. The molecule has 0 bridgehead atoms. The summed E-state index contributed by atoms with van der Waals surface area (Å²) in [4.78, 5) is 22.1.